The van der Waals surface area contributed by atoms with Gasteiger partial charge in [0.25, 0.3) is 5.91 Å². The molecule has 19 heavy (non-hydrogen) atoms. The molecule has 2 aromatic heterocycles. The second-order valence-electron chi connectivity index (χ2n) is 4.70. The zero-order valence-corrected chi connectivity index (χ0v) is 12.3. The van der Waals surface area contributed by atoms with Crippen molar-refractivity contribution < 1.29 is 4.79 Å². The summed E-state index contributed by atoms with van der Waals surface area (Å²) in [6, 6.07) is 2.05. The van der Waals surface area contributed by atoms with Gasteiger partial charge >= 0.3 is 0 Å². The van der Waals surface area contributed by atoms with Crippen molar-refractivity contribution in [2.24, 2.45) is 0 Å². The minimum atomic E-state index is 0.0143. The van der Waals surface area contributed by atoms with Gasteiger partial charge < -0.3 is 9.88 Å². The van der Waals surface area contributed by atoms with E-state index in [2.05, 4.69) is 24.1 Å². The zero-order chi connectivity index (χ0) is 13.8. The molecule has 2 aromatic rings. The molecular formula is C14H19N3OS. The number of hydrogen-bond acceptors (Lipinski definition) is 3. The number of rotatable bonds is 5. The number of imidazole rings is 1. The van der Waals surface area contributed by atoms with E-state index in [4.69, 9.17) is 0 Å². The Morgan fingerprint density at radius 3 is 2.95 bits per heavy atom. The van der Waals surface area contributed by atoms with Gasteiger partial charge in [0.2, 0.25) is 0 Å². The fourth-order valence-electron chi connectivity index (χ4n) is 2.03. The molecule has 0 unspecified atom stereocenters. The number of hydrogen-bond donors (Lipinski definition) is 1. The van der Waals surface area contributed by atoms with Crippen molar-refractivity contribution >= 4 is 17.2 Å². The van der Waals surface area contributed by atoms with E-state index >= 15 is 0 Å². The molecule has 0 aliphatic rings. The number of carbonyl (C=O) groups is 1. The first-order chi connectivity index (χ1) is 9.10. The van der Waals surface area contributed by atoms with Crippen LogP contribution in [0.3, 0.4) is 0 Å². The lowest BCUT2D eigenvalue weighted by atomic mass is 10.2. The second kappa shape index (κ2) is 6.02. The SMILES string of the molecule is CCc1sc(C(=O)N[C@@H](C)Cn2ccnc2)cc1C. The van der Waals surface area contributed by atoms with E-state index in [1.165, 1.54) is 10.4 Å². The van der Waals surface area contributed by atoms with E-state index in [1.54, 1.807) is 23.9 Å². The van der Waals surface area contributed by atoms with Crippen LogP contribution in [0.4, 0.5) is 0 Å². The number of thiophene rings is 1. The monoisotopic (exact) mass is 277 g/mol. The summed E-state index contributed by atoms with van der Waals surface area (Å²) < 4.78 is 1.96. The third kappa shape index (κ3) is 3.44. The van der Waals surface area contributed by atoms with Crippen LogP contribution in [-0.4, -0.2) is 21.5 Å². The third-order valence-corrected chi connectivity index (χ3v) is 4.37. The molecule has 0 aromatic carbocycles. The number of nitrogens with zero attached hydrogens (tertiary/aromatic N) is 2. The molecule has 2 heterocycles. The Kier molecular flexibility index (Phi) is 4.37. The first kappa shape index (κ1) is 13.8. The summed E-state index contributed by atoms with van der Waals surface area (Å²) in [5, 5.41) is 3.02. The molecule has 0 saturated carbocycles. The Morgan fingerprint density at radius 1 is 1.58 bits per heavy atom. The van der Waals surface area contributed by atoms with Gasteiger partial charge in [0.1, 0.15) is 0 Å². The van der Waals surface area contributed by atoms with Crippen LogP contribution in [0.25, 0.3) is 0 Å². The third-order valence-electron chi connectivity index (χ3n) is 2.99. The van der Waals surface area contributed by atoms with Crippen LogP contribution < -0.4 is 5.32 Å². The first-order valence-electron chi connectivity index (χ1n) is 6.46. The van der Waals surface area contributed by atoms with E-state index in [1.807, 2.05) is 23.8 Å². The van der Waals surface area contributed by atoms with E-state index in [9.17, 15) is 4.79 Å². The maximum Gasteiger partial charge on any atom is 0.261 e. The Bertz CT molecular complexity index is 545. The summed E-state index contributed by atoms with van der Waals surface area (Å²) in [7, 11) is 0. The predicted molar refractivity (Wildman–Crippen MR) is 77.6 cm³/mol. The summed E-state index contributed by atoms with van der Waals surface area (Å²) >= 11 is 1.59. The Morgan fingerprint density at radius 2 is 2.37 bits per heavy atom. The van der Waals surface area contributed by atoms with Crippen LogP contribution in [0, 0.1) is 6.92 Å². The highest BCUT2D eigenvalue weighted by Crippen LogP contribution is 2.22. The van der Waals surface area contributed by atoms with Crippen LogP contribution in [0.2, 0.25) is 0 Å². The zero-order valence-electron chi connectivity index (χ0n) is 11.5. The molecule has 0 spiro atoms. The van der Waals surface area contributed by atoms with Crippen molar-refractivity contribution in [2.45, 2.75) is 39.8 Å². The highest BCUT2D eigenvalue weighted by molar-refractivity contribution is 7.14. The Balaban J connectivity index is 1.96. The molecule has 4 nitrogen and oxygen atoms in total. The van der Waals surface area contributed by atoms with Crippen molar-refractivity contribution in [1.29, 1.82) is 0 Å². The lowest BCUT2D eigenvalue weighted by molar-refractivity contribution is 0.0941. The summed E-state index contributed by atoms with van der Waals surface area (Å²) in [4.78, 5) is 18.2. The molecule has 0 bridgehead atoms. The molecule has 0 radical (unpaired) electrons. The van der Waals surface area contributed by atoms with Gasteiger partial charge in [-0.05, 0) is 31.9 Å². The normalized spacial score (nSPS) is 12.4. The quantitative estimate of drug-likeness (QED) is 0.913. The van der Waals surface area contributed by atoms with Crippen LogP contribution in [0.5, 0.6) is 0 Å². The van der Waals surface area contributed by atoms with Crippen molar-refractivity contribution in [3.63, 3.8) is 0 Å². The minimum Gasteiger partial charge on any atom is -0.347 e. The van der Waals surface area contributed by atoms with E-state index in [-0.39, 0.29) is 11.9 Å². The van der Waals surface area contributed by atoms with Crippen molar-refractivity contribution in [1.82, 2.24) is 14.9 Å². The van der Waals surface area contributed by atoms with E-state index < -0.39 is 0 Å². The van der Waals surface area contributed by atoms with Gasteiger partial charge in [-0.15, -0.1) is 11.3 Å². The smallest absolute Gasteiger partial charge is 0.261 e. The number of amides is 1. The number of nitrogens with one attached hydrogen (secondary N) is 1. The van der Waals surface area contributed by atoms with Crippen LogP contribution >= 0.6 is 11.3 Å². The molecule has 1 N–H and O–H groups in total. The Labute approximate surface area is 117 Å². The second-order valence-corrected chi connectivity index (χ2v) is 5.84. The van der Waals surface area contributed by atoms with Crippen LogP contribution in [0.1, 0.15) is 34.0 Å². The summed E-state index contributed by atoms with van der Waals surface area (Å²) in [5.41, 5.74) is 1.21. The first-order valence-corrected chi connectivity index (χ1v) is 7.27. The number of aromatic nitrogens is 2. The average molecular weight is 277 g/mol. The predicted octanol–water partition coefficient (Wildman–Crippen LogP) is 2.63. The van der Waals surface area contributed by atoms with Crippen LogP contribution in [-0.2, 0) is 13.0 Å². The Hall–Kier alpha value is -1.62. The highest BCUT2D eigenvalue weighted by atomic mass is 32.1. The number of carbonyl (C=O) groups excluding carboxylic acids is 1. The van der Waals surface area contributed by atoms with E-state index in [0.717, 1.165) is 17.8 Å². The largest absolute Gasteiger partial charge is 0.347 e. The molecule has 1 amide bonds. The highest BCUT2D eigenvalue weighted by Gasteiger charge is 2.14. The van der Waals surface area contributed by atoms with Gasteiger partial charge in [-0.2, -0.15) is 0 Å². The van der Waals surface area contributed by atoms with Crippen LogP contribution in [0.15, 0.2) is 24.8 Å². The lowest BCUT2D eigenvalue weighted by Crippen LogP contribution is -2.35. The molecule has 102 valence electrons. The summed E-state index contributed by atoms with van der Waals surface area (Å²) in [6.45, 7) is 6.90. The van der Waals surface area contributed by atoms with Crippen molar-refractivity contribution in [3.8, 4) is 0 Å². The van der Waals surface area contributed by atoms with Gasteiger partial charge in [0.15, 0.2) is 0 Å². The summed E-state index contributed by atoms with van der Waals surface area (Å²) in [5.74, 6) is 0.0143. The van der Waals surface area contributed by atoms with Gasteiger partial charge in [-0.25, -0.2) is 4.98 Å². The van der Waals surface area contributed by atoms with Gasteiger partial charge in [-0.1, -0.05) is 6.92 Å². The van der Waals surface area contributed by atoms with Crippen molar-refractivity contribution in [3.05, 3.63) is 40.1 Å². The standard InChI is InChI=1S/C14H19N3OS/c1-4-12-10(2)7-13(19-12)14(18)16-11(3)8-17-6-5-15-9-17/h5-7,9,11H,4,8H2,1-3H3,(H,16,18)/t11-/m0/s1. The average Bonchev–Trinajstić information content (AvgIpc) is 2.98. The molecule has 0 aliphatic heterocycles. The van der Waals surface area contributed by atoms with Gasteiger partial charge in [0.05, 0.1) is 11.2 Å². The fourth-order valence-corrected chi connectivity index (χ4v) is 3.05. The molecule has 5 heteroatoms. The lowest BCUT2D eigenvalue weighted by Gasteiger charge is -2.13. The molecular weight excluding hydrogens is 258 g/mol. The fraction of sp³-hybridized carbons (Fsp3) is 0.429. The maximum absolute atomic E-state index is 12.1. The number of aryl methyl sites for hydroxylation is 2. The molecule has 0 fully saturated rings. The van der Waals surface area contributed by atoms with Crippen molar-refractivity contribution in [2.75, 3.05) is 0 Å². The minimum absolute atomic E-state index is 0.0143. The van der Waals surface area contributed by atoms with E-state index in [0.29, 0.717) is 0 Å². The maximum atomic E-state index is 12.1. The topological polar surface area (TPSA) is 46.9 Å². The molecule has 0 saturated heterocycles. The molecule has 0 aliphatic carbocycles. The molecule has 1 atom stereocenters. The van der Waals surface area contributed by atoms with Gasteiger partial charge in [0, 0.05) is 29.9 Å². The van der Waals surface area contributed by atoms with Gasteiger partial charge in [-0.3, -0.25) is 4.79 Å². The summed E-state index contributed by atoms with van der Waals surface area (Å²) in [6.07, 6.45) is 6.37. The molecule has 2 rings (SSSR count).